The summed E-state index contributed by atoms with van der Waals surface area (Å²) >= 11 is 0. The lowest BCUT2D eigenvalue weighted by Crippen LogP contribution is -2.42. The third-order valence-electron chi connectivity index (χ3n) is 11.4. The molecule has 3 nitrogen and oxygen atoms in total. The van der Waals surface area contributed by atoms with Crippen LogP contribution in [0.4, 0.5) is 5.69 Å². The van der Waals surface area contributed by atoms with E-state index in [0.29, 0.717) is 5.92 Å². The molecule has 1 unspecified atom stereocenters. The zero-order valence-corrected chi connectivity index (χ0v) is 31.7. The van der Waals surface area contributed by atoms with Crippen LogP contribution in [0.3, 0.4) is 0 Å². The molecular formula is C48H59N3. The van der Waals surface area contributed by atoms with Gasteiger partial charge in [-0.05, 0) is 122 Å². The Morgan fingerprint density at radius 1 is 0.804 bits per heavy atom. The van der Waals surface area contributed by atoms with Crippen LogP contribution in [0.2, 0.25) is 0 Å². The van der Waals surface area contributed by atoms with E-state index in [1.165, 1.54) is 75.3 Å². The topological polar surface area (TPSA) is 18.5 Å². The predicted molar refractivity (Wildman–Crippen MR) is 218 cm³/mol. The quantitative estimate of drug-likeness (QED) is 0.120. The van der Waals surface area contributed by atoms with E-state index in [0.717, 1.165) is 63.9 Å². The van der Waals surface area contributed by atoms with Crippen molar-refractivity contribution in [2.75, 3.05) is 24.5 Å². The van der Waals surface area contributed by atoms with Crippen molar-refractivity contribution in [3.63, 3.8) is 0 Å². The summed E-state index contributed by atoms with van der Waals surface area (Å²) in [5, 5.41) is 3.95. The average molecular weight is 678 g/mol. The van der Waals surface area contributed by atoms with Crippen molar-refractivity contribution in [3.8, 4) is 0 Å². The molecule has 1 aliphatic heterocycles. The highest BCUT2D eigenvalue weighted by Gasteiger charge is 2.25. The van der Waals surface area contributed by atoms with Gasteiger partial charge >= 0.3 is 0 Å². The maximum absolute atomic E-state index is 4.75. The molecule has 3 heteroatoms. The summed E-state index contributed by atoms with van der Waals surface area (Å²) in [7, 11) is 0. The molecule has 4 aromatic rings. The highest BCUT2D eigenvalue weighted by molar-refractivity contribution is 5.64. The number of para-hydroxylation sites is 1. The van der Waals surface area contributed by atoms with Gasteiger partial charge < -0.3 is 15.1 Å². The number of allylic oxidation sites excluding steroid dienone is 2. The summed E-state index contributed by atoms with van der Waals surface area (Å²) in [6.45, 7) is 25.6. The van der Waals surface area contributed by atoms with E-state index < -0.39 is 0 Å². The average Bonchev–Trinajstić information content (AvgIpc) is 3.71. The summed E-state index contributed by atoms with van der Waals surface area (Å²) in [6, 6.07) is 31.7. The summed E-state index contributed by atoms with van der Waals surface area (Å²) in [6.07, 6.45) is 9.52. The minimum atomic E-state index is 0.242. The molecule has 266 valence electrons. The summed E-state index contributed by atoms with van der Waals surface area (Å²) in [5.74, 6) is 0.365. The maximum atomic E-state index is 4.75. The molecule has 0 saturated carbocycles. The second-order valence-corrected chi connectivity index (χ2v) is 15.4. The minimum absolute atomic E-state index is 0.242. The van der Waals surface area contributed by atoms with Crippen molar-refractivity contribution < 1.29 is 0 Å². The number of nitrogens with one attached hydrogen (secondary N) is 1. The Balaban J connectivity index is 1.17. The molecule has 51 heavy (non-hydrogen) atoms. The molecule has 1 heterocycles. The highest BCUT2D eigenvalue weighted by Crippen LogP contribution is 2.34. The number of fused-ring (bicyclic) bond motifs is 2. The molecule has 4 aromatic carbocycles. The zero-order valence-electron chi connectivity index (χ0n) is 31.7. The molecule has 0 bridgehead atoms. The SMILES string of the molecule is C=C(CCN1C(=C)Cc2ccccc21)N[C@@H](Cc1ccccc1)C(C)CN(CCc1ccc2c(c1)CCC2)C(=C)CCc1c(C)cc(C)cc1C. The van der Waals surface area contributed by atoms with Crippen LogP contribution >= 0.6 is 0 Å². The molecule has 6 rings (SSSR count). The van der Waals surface area contributed by atoms with Crippen LogP contribution in [0, 0.1) is 26.7 Å². The van der Waals surface area contributed by atoms with Crippen LogP contribution in [-0.4, -0.2) is 30.6 Å². The van der Waals surface area contributed by atoms with Gasteiger partial charge in [0.1, 0.15) is 0 Å². The second-order valence-electron chi connectivity index (χ2n) is 15.4. The fourth-order valence-electron chi connectivity index (χ4n) is 8.46. The molecule has 0 spiro atoms. The summed E-state index contributed by atoms with van der Waals surface area (Å²) in [5.41, 5.74) is 17.7. The van der Waals surface area contributed by atoms with Gasteiger partial charge in [-0.1, -0.05) is 111 Å². The number of rotatable bonds is 17. The molecular weight excluding hydrogens is 619 g/mol. The smallest absolute Gasteiger partial charge is 0.0444 e. The largest absolute Gasteiger partial charge is 0.385 e. The van der Waals surface area contributed by atoms with Gasteiger partial charge in [-0.2, -0.15) is 0 Å². The Bertz CT molecular complexity index is 1830. The third kappa shape index (κ3) is 9.25. The first kappa shape index (κ1) is 36.3. The fraction of sp³-hybridized carbons (Fsp3) is 0.375. The second kappa shape index (κ2) is 16.7. The van der Waals surface area contributed by atoms with Crippen molar-refractivity contribution in [1.82, 2.24) is 10.2 Å². The standard InChI is InChI=1S/C48H59N3/c1-34-28-35(2)46(36(3)29-34)23-20-39(6)50(26-25-42-21-22-43-17-13-18-44(43)31-42)33-37(4)47(32-41-14-9-8-10-15-41)49-38(5)24-27-51-40(7)30-45-16-11-12-19-48(45)51/h8-12,14-16,19,21-22,28-29,31,37,47,49H,5-7,13,17-18,20,23-27,30,32-33H2,1-4H3/t37?,47-/m0/s1. The fourth-order valence-corrected chi connectivity index (χ4v) is 8.46. The van der Waals surface area contributed by atoms with Gasteiger partial charge in [0.15, 0.2) is 0 Å². The Morgan fingerprint density at radius 2 is 1.53 bits per heavy atom. The third-order valence-corrected chi connectivity index (χ3v) is 11.4. The lowest BCUT2D eigenvalue weighted by atomic mass is 9.92. The van der Waals surface area contributed by atoms with Crippen LogP contribution in [-0.2, 0) is 38.5 Å². The Labute approximate surface area is 308 Å². The Hall–Kier alpha value is -4.50. The molecule has 2 atom stereocenters. The molecule has 2 aliphatic rings. The van der Waals surface area contributed by atoms with Crippen LogP contribution in [0.1, 0.15) is 76.3 Å². The van der Waals surface area contributed by atoms with E-state index in [1.807, 2.05) is 0 Å². The first-order chi connectivity index (χ1) is 24.6. The van der Waals surface area contributed by atoms with Gasteiger partial charge in [0.25, 0.3) is 0 Å². The lowest BCUT2D eigenvalue weighted by molar-refractivity contribution is 0.253. The van der Waals surface area contributed by atoms with Gasteiger partial charge in [-0.3, -0.25) is 0 Å². The Kier molecular flexibility index (Phi) is 11.9. The number of aryl methyl sites for hydroxylation is 5. The normalized spacial score (nSPS) is 14.6. The number of hydrogen-bond donors (Lipinski definition) is 1. The maximum Gasteiger partial charge on any atom is 0.0444 e. The molecule has 1 N–H and O–H groups in total. The van der Waals surface area contributed by atoms with E-state index >= 15 is 0 Å². The van der Waals surface area contributed by atoms with Gasteiger partial charge in [0, 0.05) is 61.3 Å². The van der Waals surface area contributed by atoms with Gasteiger partial charge in [0.2, 0.25) is 0 Å². The van der Waals surface area contributed by atoms with E-state index in [2.05, 4.69) is 141 Å². The zero-order chi connectivity index (χ0) is 35.9. The first-order valence-corrected chi connectivity index (χ1v) is 19.3. The van der Waals surface area contributed by atoms with Crippen LogP contribution in [0.25, 0.3) is 0 Å². The summed E-state index contributed by atoms with van der Waals surface area (Å²) < 4.78 is 0. The van der Waals surface area contributed by atoms with Gasteiger partial charge in [-0.15, -0.1) is 0 Å². The molecule has 0 amide bonds. The van der Waals surface area contributed by atoms with Gasteiger partial charge in [0.05, 0.1) is 0 Å². The lowest BCUT2D eigenvalue weighted by Gasteiger charge is -2.35. The molecule has 0 fully saturated rings. The number of hydrogen-bond acceptors (Lipinski definition) is 3. The van der Waals surface area contributed by atoms with Crippen LogP contribution in [0.15, 0.2) is 122 Å². The summed E-state index contributed by atoms with van der Waals surface area (Å²) in [4.78, 5) is 4.98. The predicted octanol–water partition coefficient (Wildman–Crippen LogP) is 10.4. The highest BCUT2D eigenvalue weighted by atomic mass is 15.2. The van der Waals surface area contributed by atoms with E-state index in [1.54, 1.807) is 11.1 Å². The van der Waals surface area contributed by atoms with Crippen molar-refractivity contribution >= 4 is 5.69 Å². The van der Waals surface area contributed by atoms with E-state index in [4.69, 9.17) is 6.58 Å². The number of benzene rings is 4. The number of anilines is 1. The van der Waals surface area contributed by atoms with Crippen molar-refractivity contribution in [3.05, 3.63) is 172 Å². The van der Waals surface area contributed by atoms with Crippen LogP contribution in [0.5, 0.6) is 0 Å². The molecule has 0 aromatic heterocycles. The minimum Gasteiger partial charge on any atom is -0.385 e. The number of nitrogens with zero attached hydrogens (tertiary/aromatic N) is 2. The monoisotopic (exact) mass is 677 g/mol. The Morgan fingerprint density at radius 3 is 2.31 bits per heavy atom. The van der Waals surface area contributed by atoms with E-state index in [-0.39, 0.29) is 6.04 Å². The molecule has 0 radical (unpaired) electrons. The van der Waals surface area contributed by atoms with Crippen LogP contribution < -0.4 is 10.2 Å². The molecule has 0 saturated heterocycles. The van der Waals surface area contributed by atoms with E-state index in [9.17, 15) is 0 Å². The first-order valence-electron chi connectivity index (χ1n) is 19.3. The van der Waals surface area contributed by atoms with Crippen molar-refractivity contribution in [2.24, 2.45) is 5.92 Å². The van der Waals surface area contributed by atoms with Crippen molar-refractivity contribution in [1.29, 1.82) is 0 Å². The van der Waals surface area contributed by atoms with Crippen molar-refractivity contribution in [2.45, 2.75) is 91.5 Å². The van der Waals surface area contributed by atoms with Gasteiger partial charge in [-0.25, -0.2) is 0 Å². The molecule has 1 aliphatic carbocycles.